The Morgan fingerprint density at radius 3 is 2.35 bits per heavy atom. The topological polar surface area (TPSA) is 56.0 Å². The fraction of sp³-hybridized carbons (Fsp3) is 0.417. The number of hydrogen-bond donors (Lipinski definition) is 2. The molecule has 0 atom stereocenters. The van der Waals surface area contributed by atoms with Gasteiger partial charge in [0.05, 0.1) is 18.2 Å². The van der Waals surface area contributed by atoms with Crippen molar-refractivity contribution in [3.05, 3.63) is 29.3 Å². The predicted octanol–water partition coefficient (Wildman–Crippen LogP) is 2.02. The second-order valence-electron chi connectivity index (χ2n) is 4.44. The molecule has 0 heterocycles. The summed E-state index contributed by atoms with van der Waals surface area (Å²) < 4.78 is 27.0. The quantitative estimate of drug-likeness (QED) is 0.843. The van der Waals surface area contributed by atoms with Gasteiger partial charge in [-0.2, -0.15) is 5.26 Å². The second kappa shape index (κ2) is 4.30. The average molecular weight is 238 g/mol. The Labute approximate surface area is 97.7 Å². The van der Waals surface area contributed by atoms with E-state index in [1.807, 2.05) is 0 Å². The van der Waals surface area contributed by atoms with Crippen molar-refractivity contribution in [2.45, 2.75) is 12.8 Å². The van der Waals surface area contributed by atoms with E-state index in [4.69, 9.17) is 10.4 Å². The number of hydrogen-bond acceptors (Lipinski definition) is 3. The van der Waals surface area contributed by atoms with Crippen molar-refractivity contribution >= 4 is 5.69 Å². The molecule has 1 aliphatic rings. The Kier molecular flexibility index (Phi) is 2.99. The third kappa shape index (κ3) is 2.37. The van der Waals surface area contributed by atoms with Crippen molar-refractivity contribution in [1.29, 1.82) is 5.26 Å². The third-order valence-electron chi connectivity index (χ3n) is 3.10. The molecule has 0 unspecified atom stereocenters. The second-order valence-corrected chi connectivity index (χ2v) is 4.44. The average Bonchev–Trinajstić information content (AvgIpc) is 3.08. The van der Waals surface area contributed by atoms with E-state index >= 15 is 0 Å². The first kappa shape index (κ1) is 11.8. The number of rotatable bonds is 4. The van der Waals surface area contributed by atoms with E-state index in [-0.39, 0.29) is 23.3 Å². The zero-order valence-electron chi connectivity index (χ0n) is 9.13. The smallest absolute Gasteiger partial charge is 0.150 e. The molecular weight excluding hydrogens is 226 g/mol. The standard InChI is InChI=1S/C12H12F2N2O/c13-9-3-8(5-15)4-10(14)11(9)16-6-12(7-17)1-2-12/h3-4,16-17H,1-2,6-7H2. The maximum atomic E-state index is 13.5. The maximum absolute atomic E-state index is 13.5. The Bertz CT molecular complexity index is 455. The van der Waals surface area contributed by atoms with Crippen LogP contribution < -0.4 is 5.32 Å². The van der Waals surface area contributed by atoms with E-state index in [9.17, 15) is 8.78 Å². The van der Waals surface area contributed by atoms with Crippen molar-refractivity contribution in [2.24, 2.45) is 5.41 Å². The van der Waals surface area contributed by atoms with Crippen LogP contribution in [-0.4, -0.2) is 18.3 Å². The molecule has 1 aliphatic carbocycles. The summed E-state index contributed by atoms with van der Waals surface area (Å²) in [5.41, 5.74) is -0.509. The minimum Gasteiger partial charge on any atom is -0.396 e. The van der Waals surface area contributed by atoms with Crippen LogP contribution in [-0.2, 0) is 0 Å². The summed E-state index contributed by atoms with van der Waals surface area (Å²) in [5, 5.41) is 20.3. The van der Waals surface area contributed by atoms with Gasteiger partial charge in [0.25, 0.3) is 0 Å². The minimum absolute atomic E-state index is 0.0134. The first-order valence-corrected chi connectivity index (χ1v) is 5.34. The summed E-state index contributed by atoms with van der Waals surface area (Å²) in [6.07, 6.45) is 1.71. The number of nitrogens with one attached hydrogen (secondary N) is 1. The molecular formula is C12H12F2N2O. The summed E-state index contributed by atoms with van der Waals surface area (Å²) >= 11 is 0. The molecule has 0 aromatic heterocycles. The van der Waals surface area contributed by atoms with Crippen molar-refractivity contribution in [2.75, 3.05) is 18.5 Å². The number of halogens is 2. The predicted molar refractivity (Wildman–Crippen MR) is 58.3 cm³/mol. The SMILES string of the molecule is N#Cc1cc(F)c(NCC2(CO)CC2)c(F)c1. The van der Waals surface area contributed by atoms with E-state index in [2.05, 4.69) is 5.32 Å². The van der Waals surface area contributed by atoms with Gasteiger partial charge >= 0.3 is 0 Å². The number of aliphatic hydroxyl groups excluding tert-OH is 1. The number of nitriles is 1. The van der Waals surface area contributed by atoms with E-state index in [0.717, 1.165) is 25.0 Å². The highest BCUT2D eigenvalue weighted by Crippen LogP contribution is 2.45. The van der Waals surface area contributed by atoms with Gasteiger partial charge < -0.3 is 10.4 Å². The Morgan fingerprint density at radius 2 is 1.94 bits per heavy atom. The van der Waals surface area contributed by atoms with Crippen molar-refractivity contribution in [1.82, 2.24) is 0 Å². The van der Waals surface area contributed by atoms with Crippen molar-refractivity contribution in [3.8, 4) is 6.07 Å². The van der Waals surface area contributed by atoms with Crippen LogP contribution in [0.15, 0.2) is 12.1 Å². The molecule has 0 spiro atoms. The Hall–Kier alpha value is -1.67. The normalized spacial score (nSPS) is 16.4. The van der Waals surface area contributed by atoms with Crippen LogP contribution in [0.4, 0.5) is 14.5 Å². The van der Waals surface area contributed by atoms with Crippen LogP contribution in [0.3, 0.4) is 0 Å². The van der Waals surface area contributed by atoms with Crippen LogP contribution in [0.2, 0.25) is 0 Å². The summed E-state index contributed by atoms with van der Waals surface area (Å²) in [6.45, 7) is 0.350. The molecule has 0 saturated heterocycles. The van der Waals surface area contributed by atoms with Gasteiger partial charge in [0.2, 0.25) is 0 Å². The zero-order chi connectivity index (χ0) is 12.5. The molecule has 1 aromatic rings. The molecule has 0 amide bonds. The summed E-state index contributed by atoms with van der Waals surface area (Å²) in [7, 11) is 0. The molecule has 2 rings (SSSR count). The molecule has 1 saturated carbocycles. The van der Waals surface area contributed by atoms with Crippen LogP contribution in [0.5, 0.6) is 0 Å². The molecule has 5 heteroatoms. The van der Waals surface area contributed by atoms with Gasteiger partial charge in [0, 0.05) is 12.0 Å². The minimum atomic E-state index is -0.782. The lowest BCUT2D eigenvalue weighted by Crippen LogP contribution is -2.20. The maximum Gasteiger partial charge on any atom is 0.150 e. The summed E-state index contributed by atoms with van der Waals surface area (Å²) in [6, 6.07) is 3.66. The molecule has 1 aromatic carbocycles. The molecule has 3 nitrogen and oxygen atoms in total. The number of anilines is 1. The molecule has 17 heavy (non-hydrogen) atoms. The van der Waals surface area contributed by atoms with Crippen LogP contribution in [0.1, 0.15) is 18.4 Å². The third-order valence-corrected chi connectivity index (χ3v) is 3.10. The van der Waals surface area contributed by atoms with Crippen LogP contribution >= 0.6 is 0 Å². The van der Waals surface area contributed by atoms with E-state index < -0.39 is 11.6 Å². The van der Waals surface area contributed by atoms with Gasteiger partial charge in [0.1, 0.15) is 5.69 Å². The van der Waals surface area contributed by atoms with Gasteiger partial charge in [-0.25, -0.2) is 8.78 Å². The first-order valence-electron chi connectivity index (χ1n) is 5.34. The number of benzene rings is 1. The van der Waals surface area contributed by atoms with Crippen molar-refractivity contribution < 1.29 is 13.9 Å². The van der Waals surface area contributed by atoms with E-state index in [1.165, 1.54) is 0 Å². The molecule has 90 valence electrons. The van der Waals surface area contributed by atoms with Gasteiger partial charge in [-0.1, -0.05) is 0 Å². The lowest BCUT2D eigenvalue weighted by atomic mass is 10.1. The van der Waals surface area contributed by atoms with E-state index in [0.29, 0.717) is 6.54 Å². The summed E-state index contributed by atoms with van der Waals surface area (Å²) in [4.78, 5) is 0. The fourth-order valence-corrected chi connectivity index (χ4v) is 1.65. The Balaban J connectivity index is 2.14. The lowest BCUT2D eigenvalue weighted by molar-refractivity contribution is 0.219. The van der Waals surface area contributed by atoms with Gasteiger partial charge in [-0.3, -0.25) is 0 Å². The van der Waals surface area contributed by atoms with Crippen molar-refractivity contribution in [3.63, 3.8) is 0 Å². The molecule has 0 bridgehead atoms. The molecule has 0 radical (unpaired) electrons. The molecule has 0 aliphatic heterocycles. The largest absolute Gasteiger partial charge is 0.396 e. The monoisotopic (exact) mass is 238 g/mol. The molecule has 2 N–H and O–H groups in total. The van der Waals surface area contributed by atoms with Gasteiger partial charge in [0.15, 0.2) is 11.6 Å². The first-order chi connectivity index (χ1) is 8.10. The lowest BCUT2D eigenvalue weighted by Gasteiger charge is -2.15. The van der Waals surface area contributed by atoms with Gasteiger partial charge in [-0.15, -0.1) is 0 Å². The van der Waals surface area contributed by atoms with Crippen LogP contribution in [0.25, 0.3) is 0 Å². The van der Waals surface area contributed by atoms with Gasteiger partial charge in [-0.05, 0) is 25.0 Å². The number of aliphatic hydroxyl groups is 1. The zero-order valence-corrected chi connectivity index (χ0v) is 9.13. The summed E-state index contributed by atoms with van der Waals surface area (Å²) in [5.74, 6) is -1.56. The highest BCUT2D eigenvalue weighted by atomic mass is 19.1. The number of nitrogens with zero attached hydrogens (tertiary/aromatic N) is 1. The highest BCUT2D eigenvalue weighted by molar-refractivity contribution is 5.50. The molecule has 1 fully saturated rings. The van der Waals surface area contributed by atoms with E-state index in [1.54, 1.807) is 6.07 Å². The Morgan fingerprint density at radius 1 is 1.35 bits per heavy atom. The highest BCUT2D eigenvalue weighted by Gasteiger charge is 2.41. The fourth-order valence-electron chi connectivity index (χ4n) is 1.65. The van der Waals surface area contributed by atoms with Crippen LogP contribution in [0, 0.1) is 28.4 Å².